The number of benzene rings is 2. The van der Waals surface area contributed by atoms with E-state index in [1.165, 1.54) is 6.07 Å². The molecule has 2 aromatic carbocycles. The summed E-state index contributed by atoms with van der Waals surface area (Å²) in [6.07, 6.45) is 0. The molecule has 0 aliphatic rings. The van der Waals surface area contributed by atoms with Crippen LogP contribution < -0.4 is 10.1 Å². The molecule has 0 unspecified atom stereocenters. The van der Waals surface area contributed by atoms with Gasteiger partial charge in [-0.3, -0.25) is 4.79 Å². The third-order valence-corrected chi connectivity index (χ3v) is 3.23. The second-order valence-corrected chi connectivity index (χ2v) is 5.13. The highest BCUT2D eigenvalue weighted by Crippen LogP contribution is 2.29. The molecule has 3 nitrogen and oxygen atoms in total. The molecule has 0 radical (unpaired) electrons. The van der Waals surface area contributed by atoms with Gasteiger partial charge in [0.1, 0.15) is 0 Å². The van der Waals surface area contributed by atoms with Crippen LogP contribution >= 0.6 is 11.6 Å². The molecule has 2 aromatic rings. The minimum Gasteiger partial charge on any atom is -0.477 e. The Balaban J connectivity index is 2.14. The Labute approximate surface area is 138 Å². The van der Waals surface area contributed by atoms with Crippen molar-refractivity contribution in [3.8, 4) is 5.75 Å². The van der Waals surface area contributed by atoms with Gasteiger partial charge < -0.3 is 10.1 Å². The number of aryl methyl sites for hydroxylation is 1. The van der Waals surface area contributed by atoms with E-state index in [-0.39, 0.29) is 0 Å². The maximum absolute atomic E-state index is 13.4. The Morgan fingerprint density at radius 1 is 1.04 bits per heavy atom. The van der Waals surface area contributed by atoms with Crippen LogP contribution in [0.3, 0.4) is 0 Å². The van der Waals surface area contributed by atoms with E-state index in [9.17, 15) is 26.7 Å². The molecule has 1 N–H and O–H groups in total. The molecule has 24 heavy (non-hydrogen) atoms. The van der Waals surface area contributed by atoms with E-state index in [4.69, 9.17) is 11.6 Å². The SMILES string of the molecule is Cc1ccc(Cl)cc1NC(=O)COc1c(F)c(F)c(F)c(F)c1F. The molecule has 0 heterocycles. The molecule has 0 aromatic heterocycles. The van der Waals surface area contributed by atoms with E-state index in [0.29, 0.717) is 16.3 Å². The zero-order valence-electron chi connectivity index (χ0n) is 12.0. The smallest absolute Gasteiger partial charge is 0.262 e. The quantitative estimate of drug-likeness (QED) is 0.496. The van der Waals surface area contributed by atoms with E-state index in [1.807, 2.05) is 0 Å². The summed E-state index contributed by atoms with van der Waals surface area (Å²) in [7, 11) is 0. The summed E-state index contributed by atoms with van der Waals surface area (Å²) in [5, 5.41) is 2.68. The van der Waals surface area contributed by atoms with Crippen LogP contribution in [0.15, 0.2) is 18.2 Å². The highest BCUT2D eigenvalue weighted by molar-refractivity contribution is 6.31. The van der Waals surface area contributed by atoms with Gasteiger partial charge in [-0.1, -0.05) is 17.7 Å². The number of rotatable bonds is 4. The maximum atomic E-state index is 13.4. The van der Waals surface area contributed by atoms with Gasteiger partial charge in [-0.15, -0.1) is 0 Å². The summed E-state index contributed by atoms with van der Waals surface area (Å²) < 4.78 is 70.2. The number of ether oxygens (including phenoxy) is 1. The first-order chi connectivity index (χ1) is 11.2. The standard InChI is InChI=1S/C15H9ClF5NO2/c1-6-2-3-7(16)4-8(6)22-9(23)5-24-15-13(20)11(18)10(17)12(19)14(15)21/h2-4H,5H2,1H3,(H,22,23). The monoisotopic (exact) mass is 365 g/mol. The fourth-order valence-corrected chi connectivity index (χ4v) is 1.94. The third-order valence-electron chi connectivity index (χ3n) is 2.99. The Hall–Kier alpha value is -2.35. The van der Waals surface area contributed by atoms with Gasteiger partial charge in [0.15, 0.2) is 12.4 Å². The zero-order valence-corrected chi connectivity index (χ0v) is 12.8. The molecule has 2 rings (SSSR count). The average Bonchev–Trinajstić information content (AvgIpc) is 2.54. The fraction of sp³-hybridized carbons (Fsp3) is 0.133. The van der Waals surface area contributed by atoms with Gasteiger partial charge in [0.25, 0.3) is 5.91 Å². The van der Waals surface area contributed by atoms with Crippen LogP contribution in [0, 0.1) is 36.0 Å². The molecule has 0 aliphatic carbocycles. The van der Waals surface area contributed by atoms with Gasteiger partial charge in [0, 0.05) is 10.7 Å². The highest BCUT2D eigenvalue weighted by atomic mass is 35.5. The molecule has 128 valence electrons. The van der Waals surface area contributed by atoms with Crippen molar-refractivity contribution in [3.05, 3.63) is 57.9 Å². The van der Waals surface area contributed by atoms with Crippen LogP contribution in [0.25, 0.3) is 0 Å². The number of amides is 1. The van der Waals surface area contributed by atoms with E-state index < -0.39 is 47.3 Å². The van der Waals surface area contributed by atoms with Gasteiger partial charge in [0.05, 0.1) is 0 Å². The molecule has 0 bridgehead atoms. The number of carbonyl (C=O) groups is 1. The van der Waals surface area contributed by atoms with Gasteiger partial charge >= 0.3 is 0 Å². The Kier molecular flexibility index (Phi) is 5.28. The summed E-state index contributed by atoms with van der Waals surface area (Å²) in [6, 6.07) is 4.62. The largest absolute Gasteiger partial charge is 0.477 e. The summed E-state index contributed by atoms with van der Waals surface area (Å²) in [6.45, 7) is 0.696. The van der Waals surface area contributed by atoms with Crippen LogP contribution in [0.2, 0.25) is 5.02 Å². The number of nitrogens with one attached hydrogen (secondary N) is 1. The highest BCUT2D eigenvalue weighted by Gasteiger charge is 2.27. The van der Waals surface area contributed by atoms with E-state index in [0.717, 1.165) is 0 Å². The van der Waals surface area contributed by atoms with Crippen molar-refractivity contribution < 1.29 is 31.5 Å². The number of carbonyl (C=O) groups excluding carboxylic acids is 1. The van der Waals surface area contributed by atoms with E-state index in [1.54, 1.807) is 19.1 Å². The molecular weight excluding hydrogens is 357 g/mol. The van der Waals surface area contributed by atoms with Crippen molar-refractivity contribution in [1.29, 1.82) is 0 Å². The van der Waals surface area contributed by atoms with Crippen LogP contribution in [0.1, 0.15) is 5.56 Å². The second-order valence-electron chi connectivity index (χ2n) is 4.70. The second kappa shape index (κ2) is 7.04. The third kappa shape index (κ3) is 3.59. The summed E-state index contributed by atoms with van der Waals surface area (Å²) in [5.74, 6) is -13.3. The number of hydrogen-bond donors (Lipinski definition) is 1. The summed E-state index contributed by atoms with van der Waals surface area (Å²) in [5.41, 5.74) is 0.956. The van der Waals surface area contributed by atoms with Crippen molar-refractivity contribution in [3.63, 3.8) is 0 Å². The van der Waals surface area contributed by atoms with Gasteiger partial charge in [-0.2, -0.15) is 8.78 Å². The van der Waals surface area contributed by atoms with Crippen LogP contribution in [0.5, 0.6) is 5.75 Å². The number of hydrogen-bond acceptors (Lipinski definition) is 2. The van der Waals surface area contributed by atoms with Gasteiger partial charge in [-0.25, -0.2) is 13.2 Å². The first kappa shape index (κ1) is 18.0. The van der Waals surface area contributed by atoms with Crippen molar-refractivity contribution >= 4 is 23.2 Å². The van der Waals surface area contributed by atoms with Crippen molar-refractivity contribution in [2.24, 2.45) is 0 Å². The molecule has 0 fully saturated rings. The lowest BCUT2D eigenvalue weighted by Crippen LogP contribution is -2.22. The molecule has 9 heteroatoms. The van der Waals surface area contributed by atoms with E-state index in [2.05, 4.69) is 10.1 Å². The Morgan fingerprint density at radius 3 is 2.17 bits per heavy atom. The van der Waals surface area contributed by atoms with Gasteiger partial charge in [0.2, 0.25) is 29.1 Å². The molecule has 0 saturated carbocycles. The van der Waals surface area contributed by atoms with Crippen LogP contribution in [0.4, 0.5) is 27.6 Å². The lowest BCUT2D eigenvalue weighted by atomic mass is 10.2. The molecule has 1 amide bonds. The predicted octanol–water partition coefficient (Wildman–Crippen LogP) is 4.36. The van der Waals surface area contributed by atoms with E-state index >= 15 is 0 Å². The fourth-order valence-electron chi connectivity index (χ4n) is 1.76. The van der Waals surface area contributed by atoms with Crippen LogP contribution in [-0.4, -0.2) is 12.5 Å². The van der Waals surface area contributed by atoms with Crippen LogP contribution in [-0.2, 0) is 4.79 Å². The first-order valence-electron chi connectivity index (χ1n) is 6.42. The Morgan fingerprint density at radius 2 is 1.58 bits per heavy atom. The molecule has 0 aliphatic heterocycles. The normalized spacial score (nSPS) is 10.6. The first-order valence-corrected chi connectivity index (χ1v) is 6.80. The Bertz CT molecular complexity index is 784. The van der Waals surface area contributed by atoms with Crippen molar-refractivity contribution in [1.82, 2.24) is 0 Å². The van der Waals surface area contributed by atoms with Crippen molar-refractivity contribution in [2.45, 2.75) is 6.92 Å². The molecule has 0 atom stereocenters. The molecule has 0 spiro atoms. The predicted molar refractivity (Wildman–Crippen MR) is 76.5 cm³/mol. The minimum absolute atomic E-state index is 0.313. The average molecular weight is 366 g/mol. The lowest BCUT2D eigenvalue weighted by molar-refractivity contribution is -0.118. The molecule has 0 saturated heterocycles. The topological polar surface area (TPSA) is 38.3 Å². The summed E-state index contributed by atoms with van der Waals surface area (Å²) >= 11 is 5.76. The number of halogens is 6. The number of anilines is 1. The van der Waals surface area contributed by atoms with Gasteiger partial charge in [-0.05, 0) is 24.6 Å². The lowest BCUT2D eigenvalue weighted by Gasteiger charge is -2.11. The summed E-state index contributed by atoms with van der Waals surface area (Å²) in [4.78, 5) is 11.7. The zero-order chi connectivity index (χ0) is 18.0. The minimum atomic E-state index is -2.31. The maximum Gasteiger partial charge on any atom is 0.262 e. The molecular formula is C15H9ClF5NO2. The van der Waals surface area contributed by atoms with Crippen molar-refractivity contribution in [2.75, 3.05) is 11.9 Å².